The van der Waals surface area contributed by atoms with Crippen molar-refractivity contribution in [2.24, 2.45) is 0 Å². The first-order chi connectivity index (χ1) is 18.6. The van der Waals surface area contributed by atoms with Crippen molar-refractivity contribution in [2.75, 3.05) is 32.9 Å². The lowest BCUT2D eigenvalue weighted by Gasteiger charge is -2.18. The van der Waals surface area contributed by atoms with E-state index in [0.717, 1.165) is 66.7 Å². The van der Waals surface area contributed by atoms with Crippen LogP contribution < -0.4 is 9.47 Å². The van der Waals surface area contributed by atoms with Crippen molar-refractivity contribution in [1.29, 1.82) is 0 Å². The third-order valence-corrected chi connectivity index (χ3v) is 7.12. The maximum absolute atomic E-state index is 15.3. The fourth-order valence-electron chi connectivity index (χ4n) is 5.39. The van der Waals surface area contributed by atoms with Crippen LogP contribution in [0, 0.1) is 5.95 Å². The van der Waals surface area contributed by atoms with Crippen molar-refractivity contribution < 1.29 is 23.4 Å². The van der Waals surface area contributed by atoms with Crippen LogP contribution in [0.25, 0.3) is 11.1 Å². The predicted molar refractivity (Wildman–Crippen MR) is 143 cm³/mol. The highest BCUT2D eigenvalue weighted by atomic mass is 19.1. The van der Waals surface area contributed by atoms with Crippen molar-refractivity contribution >= 4 is 11.1 Å². The molecule has 1 atom stereocenters. The molecule has 6 nitrogen and oxygen atoms in total. The van der Waals surface area contributed by atoms with Gasteiger partial charge in [0, 0.05) is 49.1 Å². The minimum Gasteiger partial charge on any atom is -0.508 e. The Balaban J connectivity index is 1.49. The minimum atomic E-state index is -0.572. The molecule has 1 saturated heterocycles. The van der Waals surface area contributed by atoms with E-state index >= 15 is 4.39 Å². The molecule has 2 aliphatic rings. The Bertz CT molecular complexity index is 1300. The van der Waals surface area contributed by atoms with Gasteiger partial charge in [-0.05, 0) is 85.6 Å². The van der Waals surface area contributed by atoms with Crippen LogP contribution in [0.15, 0.2) is 48.7 Å². The lowest BCUT2D eigenvalue weighted by Crippen LogP contribution is -2.26. The third-order valence-electron chi connectivity index (χ3n) is 7.12. The van der Waals surface area contributed by atoms with Crippen molar-refractivity contribution in [1.82, 2.24) is 14.9 Å². The second-order valence-corrected chi connectivity index (χ2v) is 9.73. The molecule has 3 aromatic rings. The number of phenolic OH excluding ortho intramolecular Hbond substituents is 1. The number of allylic oxidation sites excluding steroid dienone is 1. The van der Waals surface area contributed by atoms with E-state index in [2.05, 4.69) is 14.9 Å². The van der Waals surface area contributed by atoms with E-state index in [-0.39, 0.29) is 24.4 Å². The van der Waals surface area contributed by atoms with Crippen molar-refractivity contribution in [3.8, 4) is 17.5 Å². The number of aromatic hydroxyl groups is 1. The molecule has 0 unspecified atom stereocenters. The minimum absolute atomic E-state index is 0.0216. The summed E-state index contributed by atoms with van der Waals surface area (Å²) in [5, 5.41) is 10.1. The number of benzene rings is 1. The van der Waals surface area contributed by atoms with Gasteiger partial charge in [-0.3, -0.25) is 9.29 Å². The summed E-state index contributed by atoms with van der Waals surface area (Å²) in [7, 11) is 0. The SMILES string of the molecule is CCOc1ccc(C2=C(c3ccc(O[C@H]4CCN(CCCF)C4)nc3)c3ccc(O)cc3CCC2)c(F)n1. The fraction of sp³-hybridized carbons (Fsp3) is 0.400. The number of hydrogen-bond acceptors (Lipinski definition) is 6. The molecule has 1 N–H and O–H groups in total. The van der Waals surface area contributed by atoms with Gasteiger partial charge < -0.3 is 14.6 Å². The number of alkyl halides is 1. The van der Waals surface area contributed by atoms with Gasteiger partial charge in [-0.2, -0.15) is 9.37 Å². The number of aryl methyl sites for hydroxylation is 1. The Morgan fingerprint density at radius 3 is 2.68 bits per heavy atom. The van der Waals surface area contributed by atoms with Gasteiger partial charge in [-0.25, -0.2) is 4.98 Å². The van der Waals surface area contributed by atoms with E-state index in [1.807, 2.05) is 25.1 Å². The highest BCUT2D eigenvalue weighted by Crippen LogP contribution is 2.41. The molecule has 0 bridgehead atoms. The van der Waals surface area contributed by atoms with Crippen LogP contribution in [0.3, 0.4) is 0 Å². The lowest BCUT2D eigenvalue weighted by molar-refractivity contribution is 0.191. The molecular weight excluding hydrogens is 488 g/mol. The number of aromatic nitrogens is 2. The standard InChI is InChI=1S/C30H33F2N3O3/c1-2-37-28-12-10-26(30(32)34-28)25-6-3-5-20-17-22(36)8-9-24(20)29(25)21-7-11-27(33-18-21)38-23-13-16-35(19-23)15-4-14-31/h7-12,17-18,23,36H,2-6,13-16,19H2,1H3/t23-/m0/s1. The molecular formula is C30H33F2N3O3. The first kappa shape index (κ1) is 26.1. The third kappa shape index (κ3) is 5.80. The van der Waals surface area contributed by atoms with Crippen LogP contribution >= 0.6 is 0 Å². The normalized spacial score (nSPS) is 17.8. The molecule has 0 spiro atoms. The molecule has 1 aliphatic carbocycles. The van der Waals surface area contributed by atoms with Crippen LogP contribution in [0.1, 0.15) is 54.9 Å². The number of rotatable bonds is 9. The van der Waals surface area contributed by atoms with Gasteiger partial charge in [0.2, 0.25) is 17.7 Å². The summed E-state index contributed by atoms with van der Waals surface area (Å²) < 4.78 is 39.3. The van der Waals surface area contributed by atoms with Gasteiger partial charge >= 0.3 is 0 Å². The Morgan fingerprint density at radius 2 is 1.92 bits per heavy atom. The molecule has 0 saturated carbocycles. The van der Waals surface area contributed by atoms with Crippen LogP contribution in [-0.2, 0) is 6.42 Å². The monoisotopic (exact) mass is 521 g/mol. The summed E-state index contributed by atoms with van der Waals surface area (Å²) in [5.74, 6) is 0.423. The number of fused-ring (bicyclic) bond motifs is 1. The van der Waals surface area contributed by atoms with Crippen LogP contribution in [-0.4, -0.2) is 59.0 Å². The zero-order valence-corrected chi connectivity index (χ0v) is 21.6. The molecule has 5 rings (SSSR count). The zero-order chi connectivity index (χ0) is 26.5. The number of nitrogens with zero attached hydrogens (tertiary/aromatic N) is 3. The number of ether oxygens (including phenoxy) is 2. The highest BCUT2D eigenvalue weighted by molar-refractivity contribution is 5.99. The molecule has 3 heterocycles. The molecule has 1 aliphatic heterocycles. The number of halogens is 2. The quantitative estimate of drug-likeness (QED) is 0.358. The lowest BCUT2D eigenvalue weighted by atomic mass is 9.89. The second-order valence-electron chi connectivity index (χ2n) is 9.73. The highest BCUT2D eigenvalue weighted by Gasteiger charge is 2.25. The average Bonchev–Trinajstić information content (AvgIpc) is 3.27. The maximum atomic E-state index is 15.3. The van der Waals surface area contributed by atoms with E-state index in [1.165, 1.54) is 0 Å². The molecule has 0 radical (unpaired) electrons. The number of likely N-dealkylation sites (tertiary alicyclic amines) is 1. The Kier molecular flexibility index (Phi) is 8.17. The summed E-state index contributed by atoms with van der Waals surface area (Å²) in [5.41, 5.74) is 4.94. The predicted octanol–water partition coefficient (Wildman–Crippen LogP) is 5.83. The second kappa shape index (κ2) is 11.9. The number of pyridine rings is 2. The van der Waals surface area contributed by atoms with E-state index < -0.39 is 5.95 Å². The average molecular weight is 522 g/mol. The molecule has 8 heteroatoms. The van der Waals surface area contributed by atoms with Gasteiger partial charge in [0.05, 0.1) is 13.3 Å². The summed E-state index contributed by atoms with van der Waals surface area (Å²) in [6, 6.07) is 12.6. The first-order valence-corrected chi connectivity index (χ1v) is 13.3. The zero-order valence-electron chi connectivity index (χ0n) is 21.6. The van der Waals surface area contributed by atoms with E-state index in [4.69, 9.17) is 9.47 Å². The van der Waals surface area contributed by atoms with Crippen LogP contribution in [0.5, 0.6) is 17.5 Å². The smallest absolute Gasteiger partial charge is 0.223 e. The van der Waals surface area contributed by atoms with Crippen molar-refractivity contribution in [2.45, 2.75) is 45.1 Å². The molecule has 1 fully saturated rings. The van der Waals surface area contributed by atoms with Crippen LogP contribution in [0.4, 0.5) is 8.78 Å². The number of hydrogen-bond donors (Lipinski definition) is 1. The summed E-state index contributed by atoms with van der Waals surface area (Å²) in [6.07, 6.45) is 5.42. The summed E-state index contributed by atoms with van der Waals surface area (Å²) >= 11 is 0. The molecule has 38 heavy (non-hydrogen) atoms. The Morgan fingerprint density at radius 1 is 1.08 bits per heavy atom. The fourth-order valence-corrected chi connectivity index (χ4v) is 5.39. The Hall–Kier alpha value is -3.52. The van der Waals surface area contributed by atoms with E-state index in [1.54, 1.807) is 30.5 Å². The number of phenols is 1. The molecule has 0 amide bonds. The molecule has 200 valence electrons. The van der Waals surface area contributed by atoms with Gasteiger partial charge in [0.15, 0.2) is 0 Å². The van der Waals surface area contributed by atoms with Crippen molar-refractivity contribution in [3.05, 3.63) is 76.9 Å². The van der Waals surface area contributed by atoms with Gasteiger partial charge in [-0.1, -0.05) is 6.07 Å². The van der Waals surface area contributed by atoms with Crippen molar-refractivity contribution in [3.63, 3.8) is 0 Å². The van der Waals surface area contributed by atoms with E-state index in [9.17, 15) is 9.50 Å². The summed E-state index contributed by atoms with van der Waals surface area (Å²) in [6.45, 7) is 4.34. The first-order valence-electron chi connectivity index (χ1n) is 13.3. The Labute approximate surface area is 222 Å². The maximum Gasteiger partial charge on any atom is 0.223 e. The molecule has 1 aromatic carbocycles. The van der Waals surface area contributed by atoms with Gasteiger partial charge in [-0.15, -0.1) is 0 Å². The topological polar surface area (TPSA) is 67.7 Å². The largest absolute Gasteiger partial charge is 0.508 e. The summed E-state index contributed by atoms with van der Waals surface area (Å²) in [4.78, 5) is 10.9. The van der Waals surface area contributed by atoms with Gasteiger partial charge in [0.1, 0.15) is 11.9 Å². The van der Waals surface area contributed by atoms with Gasteiger partial charge in [0.25, 0.3) is 0 Å². The van der Waals surface area contributed by atoms with E-state index in [0.29, 0.717) is 30.9 Å². The van der Waals surface area contributed by atoms with Crippen LogP contribution in [0.2, 0.25) is 0 Å². The molecule has 2 aromatic heterocycles.